The fourth-order valence-electron chi connectivity index (χ4n) is 15.6. The molecular formula is C101H145FN2O8S. The number of anilines is 2. The second kappa shape index (κ2) is 56.7. The van der Waals surface area contributed by atoms with Gasteiger partial charge < -0.3 is 38.6 Å². The van der Waals surface area contributed by atoms with Crippen LogP contribution in [0.2, 0.25) is 0 Å². The quantitative estimate of drug-likeness (QED) is 0.0438. The number of unbranched alkanes of at least 4 members (excludes halogenated alkanes) is 1. The van der Waals surface area contributed by atoms with Crippen LogP contribution < -0.4 is 38.6 Å². The monoisotopic (exact) mass is 1570 g/mol. The zero-order valence-electron chi connectivity index (χ0n) is 70.9. The van der Waals surface area contributed by atoms with Crippen molar-refractivity contribution >= 4 is 27.3 Å². The van der Waals surface area contributed by atoms with Gasteiger partial charge in [-0.05, 0) is 241 Å². The average molecular weight is 1570 g/mol. The summed E-state index contributed by atoms with van der Waals surface area (Å²) in [6.45, 7) is 19.6. The Labute approximate surface area is 686 Å². The Hall–Kier alpha value is -7.54. The Kier molecular flexibility index (Phi) is 46.5. The van der Waals surface area contributed by atoms with Crippen LogP contribution in [-0.4, -0.2) is 73.9 Å². The molecule has 0 atom stereocenters. The molecule has 6 aliphatic carbocycles. The van der Waals surface area contributed by atoms with E-state index in [1.807, 2.05) is 67.6 Å². The highest BCUT2D eigenvalue weighted by Crippen LogP contribution is 2.32. The SMILES string of the molecule is CC/C=C/c1cc(F)cc(OCC2CCCCC2)c1.CCC#Cc1cccc(OCC2CCCCC2)c1.CCCC#Cc1cccc(OCC2CCCCC2)c1.CCCN(C)c1cccc(OCC2CCCCC2)c1.CCCNc1cccc(OCC2CCCCC2)c1.CCCS(=O)(=O)c1cccc(OCC2CCCCC2)c1. The van der Waals surface area contributed by atoms with E-state index in [4.69, 9.17) is 28.4 Å². The van der Waals surface area contributed by atoms with Crippen LogP contribution >= 0.6 is 0 Å². The van der Waals surface area contributed by atoms with Crippen LogP contribution in [0.4, 0.5) is 15.8 Å². The predicted octanol–water partition coefficient (Wildman–Crippen LogP) is 27.2. The molecule has 0 spiro atoms. The maximum atomic E-state index is 13.5. The van der Waals surface area contributed by atoms with E-state index < -0.39 is 9.84 Å². The second-order valence-electron chi connectivity index (χ2n) is 32.4. The van der Waals surface area contributed by atoms with E-state index in [0.29, 0.717) is 41.3 Å². The lowest BCUT2D eigenvalue weighted by Crippen LogP contribution is -2.18. The van der Waals surface area contributed by atoms with Gasteiger partial charge in [0.2, 0.25) is 0 Å². The Bertz CT molecular complexity index is 3780. The summed E-state index contributed by atoms with van der Waals surface area (Å²) < 4.78 is 72.9. The Morgan fingerprint density at radius 3 is 1.23 bits per heavy atom. The van der Waals surface area contributed by atoms with E-state index in [0.717, 1.165) is 147 Å². The molecule has 0 radical (unpaired) electrons. The number of nitrogens with one attached hydrogen (secondary N) is 1. The van der Waals surface area contributed by atoms with Crippen LogP contribution in [-0.2, 0) is 9.84 Å². The largest absolute Gasteiger partial charge is 0.493 e. The van der Waals surface area contributed by atoms with Crippen LogP contribution in [0.3, 0.4) is 0 Å². The summed E-state index contributed by atoms with van der Waals surface area (Å²) in [5, 5.41) is 3.39. The number of nitrogens with zero attached hydrogens (tertiary/aromatic N) is 1. The molecule has 0 aliphatic heterocycles. The van der Waals surface area contributed by atoms with Crippen LogP contribution in [0.1, 0.15) is 296 Å². The lowest BCUT2D eigenvalue weighted by molar-refractivity contribution is 0.208. The molecule has 0 bridgehead atoms. The van der Waals surface area contributed by atoms with Gasteiger partial charge in [-0.3, -0.25) is 0 Å². The van der Waals surface area contributed by atoms with Gasteiger partial charge in [-0.25, -0.2) is 12.8 Å². The minimum absolute atomic E-state index is 0.194. The molecule has 0 saturated heterocycles. The van der Waals surface area contributed by atoms with Crippen LogP contribution in [0.25, 0.3) is 6.08 Å². The third-order valence-corrected chi connectivity index (χ3v) is 24.2. The van der Waals surface area contributed by atoms with Crippen LogP contribution in [0, 0.1) is 65.0 Å². The molecule has 0 amide bonds. The van der Waals surface area contributed by atoms with E-state index >= 15 is 0 Å². The molecule has 6 fully saturated rings. The number of hydrogen-bond donors (Lipinski definition) is 1. The lowest BCUT2D eigenvalue weighted by atomic mass is 9.90. The first-order valence-electron chi connectivity index (χ1n) is 44.7. The number of sulfone groups is 1. The molecule has 6 aliphatic rings. The summed E-state index contributed by atoms with van der Waals surface area (Å²) in [7, 11) is -1.01. The standard InChI is InChI=1S/C18H24O.C17H23FO.C17H27NO.C17H22O.C16H25NO.C16H24O3S/c1-2-3-5-9-16-12-8-13-18(14-16)19-15-17-10-6-4-7-11-17;1-2-3-7-15-10-16(18)12-17(11-15)19-13-14-8-5-4-6-9-14;1-3-12-18(2)16-10-7-11-17(13-16)19-14-15-8-5-4-6-9-15;1-2-3-8-15-11-7-12-17(13-15)18-14-16-9-5-4-6-10-16;1-2-11-17-15-9-6-10-16(12-15)18-13-14-7-4-3-5-8-14;1-2-11-20(17,18)16-10-6-9-15(12-16)19-13-14-7-4-3-5-8-14/h8,12-14,17H,2-4,6-7,10-11,15H2,1H3;3,7,10-12,14H,2,4-6,8-9,13H2,1H3;7,10-11,13,15H,3-6,8-9,12,14H2,1-2H3;7,11-13,16H,2,4-6,9-10,14H2,1H3;6,9-10,12,14,17H,2-5,7-8,11,13H2,1H3;6,9-10,12,14H,2-5,7-8,11,13H2,1H3/b;7-3+;;;;. The molecule has 620 valence electrons. The topological polar surface area (TPSA) is 105 Å². The molecule has 6 aromatic rings. The molecule has 6 saturated carbocycles. The van der Waals surface area contributed by atoms with E-state index in [9.17, 15) is 12.8 Å². The maximum absolute atomic E-state index is 13.5. The zero-order valence-corrected chi connectivity index (χ0v) is 71.7. The van der Waals surface area contributed by atoms with Crippen molar-refractivity contribution in [3.05, 3.63) is 168 Å². The van der Waals surface area contributed by atoms with Gasteiger partial charge in [-0.2, -0.15) is 0 Å². The molecule has 1 N–H and O–H groups in total. The highest BCUT2D eigenvalue weighted by atomic mass is 32.2. The van der Waals surface area contributed by atoms with Gasteiger partial charge in [0.05, 0.1) is 50.3 Å². The first-order chi connectivity index (χ1) is 55.3. The summed E-state index contributed by atoms with van der Waals surface area (Å²) in [5.41, 5.74) is 5.41. The molecule has 0 heterocycles. The maximum Gasteiger partial charge on any atom is 0.178 e. The average Bonchev–Trinajstić information content (AvgIpc) is 0.860. The third-order valence-electron chi connectivity index (χ3n) is 22.3. The summed E-state index contributed by atoms with van der Waals surface area (Å²) in [6, 6.07) is 45.0. The highest BCUT2D eigenvalue weighted by molar-refractivity contribution is 7.91. The van der Waals surface area contributed by atoms with Crippen molar-refractivity contribution in [2.24, 2.45) is 35.5 Å². The molecule has 12 heteroatoms. The van der Waals surface area contributed by atoms with Gasteiger partial charge in [0.1, 0.15) is 40.3 Å². The summed E-state index contributed by atoms with van der Waals surface area (Å²) in [4.78, 5) is 2.66. The summed E-state index contributed by atoms with van der Waals surface area (Å²) >= 11 is 0. The Balaban J connectivity index is 0.000000188. The molecule has 0 aromatic heterocycles. The van der Waals surface area contributed by atoms with Crippen molar-refractivity contribution in [2.45, 2.75) is 284 Å². The number of hydrogen-bond acceptors (Lipinski definition) is 10. The number of rotatable bonds is 30. The summed E-state index contributed by atoms with van der Waals surface area (Å²) in [6.07, 6.45) is 51.0. The van der Waals surface area contributed by atoms with Crippen molar-refractivity contribution in [2.75, 3.05) is 75.7 Å². The lowest BCUT2D eigenvalue weighted by Gasteiger charge is -2.23. The predicted molar refractivity (Wildman–Crippen MR) is 474 cm³/mol. The zero-order chi connectivity index (χ0) is 80.0. The van der Waals surface area contributed by atoms with E-state index in [1.54, 1.807) is 24.3 Å². The van der Waals surface area contributed by atoms with Gasteiger partial charge in [0.15, 0.2) is 9.84 Å². The Morgan fingerprint density at radius 2 is 0.814 bits per heavy atom. The van der Waals surface area contributed by atoms with Crippen LogP contribution in [0.5, 0.6) is 34.5 Å². The molecular weight excluding hydrogens is 1420 g/mol. The van der Waals surface area contributed by atoms with Crippen molar-refractivity contribution < 1.29 is 41.2 Å². The van der Waals surface area contributed by atoms with E-state index in [-0.39, 0.29) is 11.6 Å². The minimum Gasteiger partial charge on any atom is -0.493 e. The van der Waals surface area contributed by atoms with Gasteiger partial charge >= 0.3 is 0 Å². The molecule has 0 unspecified atom stereocenters. The van der Waals surface area contributed by atoms with Gasteiger partial charge in [0, 0.05) is 73.7 Å². The van der Waals surface area contributed by atoms with E-state index in [2.05, 4.69) is 136 Å². The van der Waals surface area contributed by atoms with Gasteiger partial charge in [-0.15, -0.1) is 0 Å². The molecule has 12 rings (SSSR count). The molecule has 113 heavy (non-hydrogen) atoms. The van der Waals surface area contributed by atoms with Crippen molar-refractivity contribution in [1.29, 1.82) is 0 Å². The minimum atomic E-state index is -3.16. The first kappa shape index (κ1) is 92.6. The van der Waals surface area contributed by atoms with Gasteiger partial charge in [0.25, 0.3) is 0 Å². The third kappa shape index (κ3) is 39.6. The number of halogens is 1. The fourth-order valence-corrected chi connectivity index (χ4v) is 17.0. The Morgan fingerprint density at radius 1 is 0.416 bits per heavy atom. The van der Waals surface area contributed by atoms with Gasteiger partial charge in [-0.1, -0.05) is 223 Å². The van der Waals surface area contributed by atoms with Crippen LogP contribution in [0.15, 0.2) is 150 Å². The first-order valence-corrected chi connectivity index (χ1v) is 46.4. The smallest absolute Gasteiger partial charge is 0.178 e. The molecule has 6 aromatic carbocycles. The number of benzene rings is 6. The second-order valence-corrected chi connectivity index (χ2v) is 34.5. The van der Waals surface area contributed by atoms with Crippen molar-refractivity contribution in [3.8, 4) is 58.2 Å². The molecule has 10 nitrogen and oxygen atoms in total. The van der Waals surface area contributed by atoms with E-state index in [1.165, 1.54) is 211 Å². The highest BCUT2D eigenvalue weighted by Gasteiger charge is 2.21. The number of ether oxygens (including phenoxy) is 6. The van der Waals surface area contributed by atoms with Crippen molar-refractivity contribution in [1.82, 2.24) is 0 Å². The summed E-state index contributed by atoms with van der Waals surface area (Å²) in [5.74, 6) is 22.2. The number of allylic oxidation sites excluding steroid dienone is 1. The fraction of sp³-hybridized carbons (Fsp3) is 0.584. The van der Waals surface area contributed by atoms with Crippen molar-refractivity contribution in [3.63, 3.8) is 0 Å². The normalized spacial score (nSPS) is 16.4.